The highest BCUT2D eigenvalue weighted by atomic mass is 28.5. The van der Waals surface area contributed by atoms with E-state index in [1.807, 2.05) is 0 Å². The van der Waals surface area contributed by atoms with E-state index in [0.29, 0.717) is 12.2 Å². The molecule has 1 aliphatic carbocycles. The van der Waals surface area contributed by atoms with Crippen molar-refractivity contribution in [2.45, 2.75) is 103 Å². The Kier molecular flexibility index (Phi) is 8.12. The van der Waals surface area contributed by atoms with Crippen LogP contribution in [-0.2, 0) is 17.1 Å². The van der Waals surface area contributed by atoms with Crippen molar-refractivity contribution in [3.63, 3.8) is 0 Å². The number of halogens is 1. The van der Waals surface area contributed by atoms with Crippen molar-refractivity contribution in [1.82, 2.24) is 0 Å². The molecule has 0 radical (unpaired) electrons. The average molecular weight is 441 g/mol. The third kappa shape index (κ3) is 8.76. The van der Waals surface area contributed by atoms with E-state index in [2.05, 4.69) is 58.9 Å². The van der Waals surface area contributed by atoms with E-state index in [9.17, 15) is 0 Å². The van der Waals surface area contributed by atoms with Gasteiger partial charge in [-0.25, -0.2) is 0 Å². The SMILES string of the molecule is C[Si](C)(C)O[Si](C)(C)O[Si](C)(CCC1CCC2OC2C1)O[Si](C)(C)C.F. The molecule has 1 aliphatic heterocycles. The summed E-state index contributed by atoms with van der Waals surface area (Å²) in [5.74, 6) is 0.784. The van der Waals surface area contributed by atoms with Crippen LogP contribution in [0.5, 0.6) is 0 Å². The van der Waals surface area contributed by atoms with Crippen LogP contribution >= 0.6 is 0 Å². The zero-order valence-corrected chi connectivity index (χ0v) is 22.3. The predicted octanol–water partition coefficient (Wildman–Crippen LogP) is 5.59. The number of hydrogen-bond acceptors (Lipinski definition) is 4. The zero-order chi connectivity index (χ0) is 19.1. The van der Waals surface area contributed by atoms with Crippen LogP contribution in [0.4, 0.5) is 4.70 Å². The first-order valence-corrected chi connectivity index (χ1v) is 22.1. The van der Waals surface area contributed by atoms with Crippen LogP contribution in [0.15, 0.2) is 0 Å². The minimum absolute atomic E-state index is 0. The highest BCUT2D eigenvalue weighted by Crippen LogP contribution is 2.42. The lowest BCUT2D eigenvalue weighted by molar-refractivity contribution is 0.309. The van der Waals surface area contributed by atoms with Crippen molar-refractivity contribution in [3.8, 4) is 0 Å². The largest absolute Gasteiger partial charge is 0.437 e. The molecule has 0 amide bonds. The van der Waals surface area contributed by atoms with Crippen LogP contribution < -0.4 is 0 Å². The monoisotopic (exact) mass is 440 g/mol. The Hall–Kier alpha value is 0.638. The highest BCUT2D eigenvalue weighted by Gasteiger charge is 2.47. The van der Waals surface area contributed by atoms with Gasteiger partial charge >= 0.3 is 17.1 Å². The molecule has 0 aromatic rings. The molecule has 0 spiro atoms. The maximum Gasteiger partial charge on any atom is 0.315 e. The van der Waals surface area contributed by atoms with E-state index in [4.69, 9.17) is 17.1 Å². The molecule has 2 aliphatic rings. The van der Waals surface area contributed by atoms with E-state index < -0.39 is 33.8 Å². The topological polar surface area (TPSA) is 40.2 Å². The molecule has 4 atom stereocenters. The van der Waals surface area contributed by atoms with Gasteiger partial charge in [0.05, 0.1) is 12.2 Å². The van der Waals surface area contributed by atoms with Crippen molar-refractivity contribution in [3.05, 3.63) is 0 Å². The van der Waals surface area contributed by atoms with Gasteiger partial charge in [-0.3, -0.25) is 4.70 Å². The first-order chi connectivity index (χ1) is 11.2. The first-order valence-electron chi connectivity index (χ1n) is 9.92. The minimum Gasteiger partial charge on any atom is -0.437 e. The molecule has 1 heterocycles. The lowest BCUT2D eigenvalue weighted by Crippen LogP contribution is -2.56. The van der Waals surface area contributed by atoms with Crippen LogP contribution in [0.1, 0.15) is 25.7 Å². The highest BCUT2D eigenvalue weighted by molar-refractivity contribution is 6.89. The predicted molar refractivity (Wildman–Crippen MR) is 117 cm³/mol. The smallest absolute Gasteiger partial charge is 0.315 e. The van der Waals surface area contributed by atoms with Gasteiger partial charge in [0.1, 0.15) is 0 Å². The number of epoxide rings is 1. The van der Waals surface area contributed by atoms with Crippen molar-refractivity contribution in [2.75, 3.05) is 0 Å². The van der Waals surface area contributed by atoms with Crippen molar-refractivity contribution >= 4 is 33.8 Å². The molecule has 26 heavy (non-hydrogen) atoms. The summed E-state index contributed by atoms with van der Waals surface area (Å²) in [6.45, 7) is 20.3. The number of hydrogen-bond donors (Lipinski definition) is 0. The van der Waals surface area contributed by atoms with Crippen molar-refractivity contribution < 1.29 is 21.8 Å². The second kappa shape index (κ2) is 8.56. The normalized spacial score (nSPS) is 28.7. The van der Waals surface area contributed by atoms with Gasteiger partial charge in [-0.05, 0) is 96.6 Å². The summed E-state index contributed by atoms with van der Waals surface area (Å²) in [6, 6.07) is 1.09. The fourth-order valence-electron chi connectivity index (χ4n) is 4.26. The Labute approximate surface area is 164 Å². The number of fused-ring (bicyclic) bond motifs is 1. The van der Waals surface area contributed by atoms with E-state index in [0.717, 1.165) is 12.0 Å². The summed E-state index contributed by atoms with van der Waals surface area (Å²) in [7, 11) is -7.67. The molecule has 4 unspecified atom stereocenters. The number of ether oxygens (including phenoxy) is 1. The Bertz CT molecular complexity index is 467. The van der Waals surface area contributed by atoms with Gasteiger partial charge in [0.25, 0.3) is 0 Å². The lowest BCUT2D eigenvalue weighted by Gasteiger charge is -2.41. The van der Waals surface area contributed by atoms with Crippen LogP contribution in [0.2, 0.25) is 65.0 Å². The molecule has 1 saturated carbocycles. The zero-order valence-electron chi connectivity index (χ0n) is 18.3. The van der Waals surface area contributed by atoms with Crippen LogP contribution in [0.3, 0.4) is 0 Å². The standard InChI is InChI=1S/C17H40O4Si4.FH/c1-22(2,3)19-24(7,8)21-25(9,20-23(4,5)6)13-12-15-10-11-16-17(14-15)18-16;/h15-17H,10-14H2,1-9H3;1H. The van der Waals surface area contributed by atoms with Crippen molar-refractivity contribution in [1.29, 1.82) is 0 Å². The summed E-state index contributed by atoms with van der Waals surface area (Å²) >= 11 is 0. The molecule has 0 bridgehead atoms. The van der Waals surface area contributed by atoms with E-state index in [1.54, 1.807) is 0 Å². The Morgan fingerprint density at radius 2 is 1.35 bits per heavy atom. The maximum atomic E-state index is 6.78. The molecular formula is C17H41FO4Si4. The van der Waals surface area contributed by atoms with Crippen LogP contribution in [0, 0.1) is 5.92 Å². The number of rotatable bonds is 9. The van der Waals surface area contributed by atoms with E-state index in [1.165, 1.54) is 25.7 Å². The molecule has 9 heteroatoms. The van der Waals surface area contributed by atoms with Crippen molar-refractivity contribution in [2.24, 2.45) is 5.92 Å². The van der Waals surface area contributed by atoms with Gasteiger partial charge in [-0.1, -0.05) is 0 Å². The van der Waals surface area contributed by atoms with E-state index >= 15 is 0 Å². The Balaban J connectivity index is 0.00000338. The van der Waals surface area contributed by atoms with Gasteiger partial charge in [-0.2, -0.15) is 0 Å². The summed E-state index contributed by atoms with van der Waals surface area (Å²) in [5.41, 5.74) is 0. The quantitative estimate of drug-likeness (QED) is 0.346. The second-order valence-corrected chi connectivity index (χ2v) is 27.0. The molecular weight excluding hydrogens is 400 g/mol. The third-order valence-electron chi connectivity index (χ3n) is 4.66. The molecule has 2 fully saturated rings. The van der Waals surface area contributed by atoms with Crippen LogP contribution in [0.25, 0.3) is 0 Å². The molecule has 4 nitrogen and oxygen atoms in total. The summed E-state index contributed by atoms with van der Waals surface area (Å²) < 4.78 is 25.6. The first kappa shape index (κ1) is 24.7. The molecule has 1 saturated heterocycles. The summed E-state index contributed by atoms with van der Waals surface area (Å²) in [4.78, 5) is 0. The average Bonchev–Trinajstić information content (AvgIpc) is 3.08. The van der Waals surface area contributed by atoms with Gasteiger partial charge < -0.3 is 17.1 Å². The molecule has 2 rings (SSSR count). The van der Waals surface area contributed by atoms with Gasteiger partial charge in [0.15, 0.2) is 16.6 Å². The van der Waals surface area contributed by atoms with Crippen LogP contribution in [-0.4, -0.2) is 46.0 Å². The molecule has 0 aromatic heterocycles. The van der Waals surface area contributed by atoms with E-state index in [-0.39, 0.29) is 4.70 Å². The Morgan fingerprint density at radius 3 is 1.85 bits per heavy atom. The van der Waals surface area contributed by atoms with Gasteiger partial charge in [0.2, 0.25) is 0 Å². The van der Waals surface area contributed by atoms with Gasteiger partial charge in [-0.15, -0.1) is 0 Å². The molecule has 0 aromatic carbocycles. The molecule has 156 valence electrons. The second-order valence-electron chi connectivity index (χ2n) is 10.5. The third-order valence-corrected chi connectivity index (χ3v) is 18.1. The summed E-state index contributed by atoms with van der Waals surface area (Å²) in [5, 5.41) is 0. The molecule has 0 N–H and O–H groups in total. The summed E-state index contributed by atoms with van der Waals surface area (Å²) in [6.07, 6.45) is 6.18. The Morgan fingerprint density at radius 1 is 0.769 bits per heavy atom. The fraction of sp³-hybridized carbons (Fsp3) is 1.00. The fourth-order valence-corrected chi connectivity index (χ4v) is 22.3. The minimum atomic E-state index is -2.23. The maximum absolute atomic E-state index is 6.78. The lowest BCUT2D eigenvalue weighted by atomic mass is 9.88. The van der Waals surface area contributed by atoms with Gasteiger partial charge in [0, 0.05) is 0 Å².